The molecule has 1 fully saturated rings. The third-order valence-corrected chi connectivity index (χ3v) is 3.92. The number of aromatic nitrogens is 1. The van der Waals surface area contributed by atoms with Gasteiger partial charge in [0.2, 0.25) is 11.8 Å². The van der Waals surface area contributed by atoms with E-state index in [-0.39, 0.29) is 11.8 Å². The SMILES string of the molecule is O=C(Nc1ccc(-c2nc(-c3ccccc3)co2)cc1)C1CC1. The van der Waals surface area contributed by atoms with Gasteiger partial charge in [0.1, 0.15) is 12.0 Å². The summed E-state index contributed by atoms with van der Waals surface area (Å²) in [5.74, 6) is 0.888. The summed E-state index contributed by atoms with van der Waals surface area (Å²) in [5.41, 5.74) is 3.53. The van der Waals surface area contributed by atoms with Gasteiger partial charge < -0.3 is 9.73 Å². The molecular weight excluding hydrogens is 288 g/mol. The summed E-state index contributed by atoms with van der Waals surface area (Å²) in [6.07, 6.45) is 3.67. The first-order chi connectivity index (χ1) is 11.3. The minimum Gasteiger partial charge on any atom is -0.444 e. The van der Waals surface area contributed by atoms with E-state index in [1.165, 1.54) is 0 Å². The molecule has 4 heteroatoms. The van der Waals surface area contributed by atoms with Crippen molar-refractivity contribution < 1.29 is 9.21 Å². The van der Waals surface area contributed by atoms with Gasteiger partial charge in [-0.05, 0) is 37.1 Å². The molecule has 1 amide bonds. The highest BCUT2D eigenvalue weighted by Gasteiger charge is 2.29. The summed E-state index contributed by atoms with van der Waals surface area (Å²) >= 11 is 0. The lowest BCUT2D eigenvalue weighted by atomic mass is 10.2. The predicted molar refractivity (Wildman–Crippen MR) is 88.7 cm³/mol. The molecule has 1 N–H and O–H groups in total. The number of benzene rings is 2. The van der Waals surface area contributed by atoms with Gasteiger partial charge in [0, 0.05) is 22.7 Å². The van der Waals surface area contributed by atoms with E-state index in [1.807, 2.05) is 54.6 Å². The van der Waals surface area contributed by atoms with Crippen LogP contribution in [0.3, 0.4) is 0 Å². The molecule has 4 nitrogen and oxygen atoms in total. The Morgan fingerprint density at radius 1 is 1.00 bits per heavy atom. The lowest BCUT2D eigenvalue weighted by Gasteiger charge is -2.04. The zero-order chi connectivity index (χ0) is 15.6. The zero-order valence-electron chi connectivity index (χ0n) is 12.5. The van der Waals surface area contributed by atoms with Crippen molar-refractivity contribution in [3.05, 3.63) is 60.9 Å². The van der Waals surface area contributed by atoms with E-state index >= 15 is 0 Å². The number of rotatable bonds is 4. The predicted octanol–water partition coefficient (Wildman–Crippen LogP) is 4.36. The van der Waals surface area contributed by atoms with Gasteiger partial charge in [0.25, 0.3) is 0 Å². The maximum atomic E-state index is 11.7. The number of oxazole rings is 1. The van der Waals surface area contributed by atoms with Crippen molar-refractivity contribution in [2.75, 3.05) is 5.32 Å². The second-order valence-corrected chi connectivity index (χ2v) is 5.74. The molecule has 1 heterocycles. The molecule has 1 saturated carbocycles. The Morgan fingerprint density at radius 3 is 2.43 bits per heavy atom. The molecular formula is C19H16N2O2. The van der Waals surface area contributed by atoms with Crippen molar-refractivity contribution >= 4 is 11.6 Å². The summed E-state index contributed by atoms with van der Waals surface area (Å²) in [6.45, 7) is 0. The van der Waals surface area contributed by atoms with Crippen molar-refractivity contribution in [1.82, 2.24) is 4.98 Å². The van der Waals surface area contributed by atoms with Crippen molar-refractivity contribution in [2.24, 2.45) is 5.92 Å². The topological polar surface area (TPSA) is 55.1 Å². The summed E-state index contributed by atoms with van der Waals surface area (Å²) in [7, 11) is 0. The molecule has 0 spiro atoms. The van der Waals surface area contributed by atoms with Crippen LogP contribution < -0.4 is 5.32 Å². The molecule has 0 bridgehead atoms. The number of amides is 1. The molecule has 1 aliphatic carbocycles. The highest BCUT2D eigenvalue weighted by molar-refractivity contribution is 5.94. The summed E-state index contributed by atoms with van der Waals surface area (Å²) < 4.78 is 5.58. The summed E-state index contributed by atoms with van der Waals surface area (Å²) in [6, 6.07) is 17.5. The standard InChI is InChI=1S/C19H16N2O2/c22-18(14-6-7-14)20-16-10-8-15(9-11-16)19-21-17(12-23-19)13-4-2-1-3-5-13/h1-5,8-12,14H,6-7H2,(H,20,22). The monoisotopic (exact) mass is 304 g/mol. The van der Waals surface area contributed by atoms with E-state index < -0.39 is 0 Å². The second-order valence-electron chi connectivity index (χ2n) is 5.74. The van der Waals surface area contributed by atoms with Crippen LogP contribution in [0.1, 0.15) is 12.8 Å². The van der Waals surface area contributed by atoms with Crippen LogP contribution in [0.4, 0.5) is 5.69 Å². The van der Waals surface area contributed by atoms with E-state index in [9.17, 15) is 4.79 Å². The molecule has 0 saturated heterocycles. The Bertz CT molecular complexity index is 818. The van der Waals surface area contributed by atoms with E-state index in [1.54, 1.807) is 6.26 Å². The van der Waals surface area contributed by atoms with E-state index in [0.717, 1.165) is 35.3 Å². The van der Waals surface area contributed by atoms with Crippen LogP contribution in [0.25, 0.3) is 22.7 Å². The Morgan fingerprint density at radius 2 is 1.74 bits per heavy atom. The highest BCUT2D eigenvalue weighted by Crippen LogP contribution is 2.30. The Kier molecular flexibility index (Phi) is 3.42. The minimum absolute atomic E-state index is 0.111. The van der Waals surface area contributed by atoms with Gasteiger partial charge in [-0.15, -0.1) is 0 Å². The second kappa shape index (κ2) is 5.72. The summed E-state index contributed by atoms with van der Waals surface area (Å²) in [4.78, 5) is 16.3. The molecule has 114 valence electrons. The quantitative estimate of drug-likeness (QED) is 0.779. The zero-order valence-corrected chi connectivity index (χ0v) is 12.5. The molecule has 0 radical (unpaired) electrons. The van der Waals surface area contributed by atoms with Crippen molar-refractivity contribution in [3.63, 3.8) is 0 Å². The van der Waals surface area contributed by atoms with Gasteiger partial charge in [-0.1, -0.05) is 30.3 Å². The van der Waals surface area contributed by atoms with Crippen LogP contribution in [-0.4, -0.2) is 10.9 Å². The van der Waals surface area contributed by atoms with E-state index in [0.29, 0.717) is 5.89 Å². The minimum atomic E-state index is 0.111. The largest absolute Gasteiger partial charge is 0.444 e. The molecule has 4 rings (SSSR count). The van der Waals surface area contributed by atoms with Gasteiger partial charge >= 0.3 is 0 Å². The first kappa shape index (κ1) is 13.8. The van der Waals surface area contributed by atoms with Crippen LogP contribution >= 0.6 is 0 Å². The molecule has 0 atom stereocenters. The van der Waals surface area contributed by atoms with Crippen molar-refractivity contribution in [1.29, 1.82) is 0 Å². The Labute approximate surface area is 134 Å². The van der Waals surface area contributed by atoms with Crippen LogP contribution in [0.5, 0.6) is 0 Å². The number of carbonyl (C=O) groups is 1. The first-order valence-corrected chi connectivity index (χ1v) is 7.72. The van der Waals surface area contributed by atoms with Crippen LogP contribution in [0, 0.1) is 5.92 Å². The first-order valence-electron chi connectivity index (χ1n) is 7.72. The van der Waals surface area contributed by atoms with Crippen LogP contribution in [0.2, 0.25) is 0 Å². The van der Waals surface area contributed by atoms with Gasteiger partial charge in [-0.25, -0.2) is 4.98 Å². The average molecular weight is 304 g/mol. The van der Waals surface area contributed by atoms with E-state index in [2.05, 4.69) is 10.3 Å². The maximum Gasteiger partial charge on any atom is 0.227 e. The molecule has 0 unspecified atom stereocenters. The number of hydrogen-bond acceptors (Lipinski definition) is 3. The lowest BCUT2D eigenvalue weighted by Crippen LogP contribution is -2.12. The molecule has 1 aromatic heterocycles. The summed E-state index contributed by atoms with van der Waals surface area (Å²) in [5, 5.41) is 2.92. The number of nitrogens with zero attached hydrogens (tertiary/aromatic N) is 1. The lowest BCUT2D eigenvalue weighted by molar-refractivity contribution is -0.117. The smallest absolute Gasteiger partial charge is 0.227 e. The molecule has 2 aromatic carbocycles. The van der Waals surface area contributed by atoms with Crippen molar-refractivity contribution in [2.45, 2.75) is 12.8 Å². The highest BCUT2D eigenvalue weighted by atomic mass is 16.3. The Hall–Kier alpha value is -2.88. The maximum absolute atomic E-state index is 11.7. The van der Waals surface area contributed by atoms with Crippen LogP contribution in [-0.2, 0) is 4.79 Å². The third kappa shape index (κ3) is 3.01. The fraction of sp³-hybridized carbons (Fsp3) is 0.158. The number of nitrogens with one attached hydrogen (secondary N) is 1. The fourth-order valence-corrected chi connectivity index (χ4v) is 2.43. The fourth-order valence-electron chi connectivity index (χ4n) is 2.43. The van der Waals surface area contributed by atoms with Gasteiger partial charge in [0.15, 0.2) is 0 Å². The van der Waals surface area contributed by atoms with Crippen LogP contribution in [0.15, 0.2) is 65.3 Å². The Balaban J connectivity index is 1.52. The third-order valence-electron chi connectivity index (χ3n) is 3.92. The number of hydrogen-bond donors (Lipinski definition) is 1. The van der Waals surface area contributed by atoms with Gasteiger partial charge in [-0.2, -0.15) is 0 Å². The average Bonchev–Trinajstić information content (AvgIpc) is 3.34. The van der Waals surface area contributed by atoms with Gasteiger partial charge in [0.05, 0.1) is 0 Å². The number of anilines is 1. The molecule has 23 heavy (non-hydrogen) atoms. The number of carbonyl (C=O) groups excluding carboxylic acids is 1. The van der Waals surface area contributed by atoms with E-state index in [4.69, 9.17) is 4.42 Å². The normalized spacial score (nSPS) is 13.7. The van der Waals surface area contributed by atoms with Crippen molar-refractivity contribution in [3.8, 4) is 22.7 Å². The molecule has 3 aromatic rings. The van der Waals surface area contributed by atoms with Gasteiger partial charge in [-0.3, -0.25) is 4.79 Å². The molecule has 0 aliphatic heterocycles. The molecule has 1 aliphatic rings.